The molecule has 176 valence electrons. The Bertz CT molecular complexity index is 926. The SMILES string of the molecule is CCN(CC#CCOC(=O)[C@@](O)(c1ccccc1)C1CCCCC1)Cc1ccc(OC)cc1. The topological polar surface area (TPSA) is 59.0 Å². The molecule has 2 aromatic carbocycles. The van der Waals surface area contributed by atoms with Crippen molar-refractivity contribution in [2.24, 2.45) is 5.92 Å². The smallest absolute Gasteiger partial charge is 0.344 e. The maximum atomic E-state index is 13.1. The summed E-state index contributed by atoms with van der Waals surface area (Å²) in [5.74, 6) is 6.16. The second-order valence-electron chi connectivity index (χ2n) is 8.55. The average molecular weight is 450 g/mol. The van der Waals surface area contributed by atoms with Crippen molar-refractivity contribution < 1.29 is 19.4 Å². The minimum Gasteiger partial charge on any atom is -0.497 e. The van der Waals surface area contributed by atoms with Crippen molar-refractivity contribution in [2.75, 3.05) is 26.8 Å². The van der Waals surface area contributed by atoms with Gasteiger partial charge in [-0.2, -0.15) is 0 Å². The third kappa shape index (κ3) is 6.60. The lowest BCUT2D eigenvalue weighted by molar-refractivity contribution is -0.174. The van der Waals surface area contributed by atoms with E-state index in [9.17, 15) is 9.90 Å². The van der Waals surface area contributed by atoms with Crippen molar-refractivity contribution in [1.29, 1.82) is 0 Å². The molecular weight excluding hydrogens is 414 g/mol. The van der Waals surface area contributed by atoms with Crippen LogP contribution in [0.1, 0.15) is 50.2 Å². The molecule has 0 amide bonds. The fraction of sp³-hybridized carbons (Fsp3) is 0.464. The maximum absolute atomic E-state index is 13.1. The van der Waals surface area contributed by atoms with Crippen LogP contribution < -0.4 is 4.74 Å². The van der Waals surface area contributed by atoms with Gasteiger partial charge in [-0.1, -0.05) is 80.5 Å². The Balaban J connectivity index is 1.57. The van der Waals surface area contributed by atoms with Crippen LogP contribution in [0.25, 0.3) is 0 Å². The molecule has 0 heterocycles. The standard InChI is InChI=1S/C28H35NO4/c1-3-29(22-23-16-18-26(32-2)19-17-23)20-10-11-21-33-27(30)28(31,24-12-6-4-7-13-24)25-14-8-5-9-15-25/h4,6-7,12-13,16-19,25,31H,3,5,8-9,14-15,20-22H2,1-2H3/t28-/m1/s1. The van der Waals surface area contributed by atoms with Crippen molar-refractivity contribution in [2.45, 2.75) is 51.2 Å². The molecule has 3 rings (SSSR count). The first-order valence-electron chi connectivity index (χ1n) is 11.8. The minimum absolute atomic E-state index is 0.0270. The second kappa shape index (κ2) is 12.4. The van der Waals surface area contributed by atoms with Crippen LogP contribution in [0.3, 0.4) is 0 Å². The molecular formula is C28H35NO4. The van der Waals surface area contributed by atoms with Crippen molar-refractivity contribution in [3.05, 3.63) is 65.7 Å². The van der Waals surface area contributed by atoms with E-state index >= 15 is 0 Å². The Morgan fingerprint density at radius 2 is 1.76 bits per heavy atom. The van der Waals surface area contributed by atoms with Gasteiger partial charge >= 0.3 is 5.97 Å². The number of carbonyl (C=O) groups excluding carboxylic acids is 1. The van der Waals surface area contributed by atoms with E-state index < -0.39 is 11.6 Å². The summed E-state index contributed by atoms with van der Waals surface area (Å²) in [4.78, 5) is 15.3. The summed E-state index contributed by atoms with van der Waals surface area (Å²) in [7, 11) is 1.66. The number of hydrogen-bond donors (Lipinski definition) is 1. The van der Waals surface area contributed by atoms with Gasteiger partial charge < -0.3 is 14.6 Å². The third-order valence-corrected chi connectivity index (χ3v) is 6.44. The van der Waals surface area contributed by atoms with E-state index in [1.165, 1.54) is 5.56 Å². The van der Waals surface area contributed by atoms with Crippen LogP contribution in [0, 0.1) is 17.8 Å². The molecule has 1 fully saturated rings. The Morgan fingerprint density at radius 1 is 1.06 bits per heavy atom. The Morgan fingerprint density at radius 3 is 2.39 bits per heavy atom. The van der Waals surface area contributed by atoms with Gasteiger partial charge in [-0.15, -0.1) is 0 Å². The van der Waals surface area contributed by atoms with Crippen LogP contribution in [0.5, 0.6) is 5.75 Å². The molecule has 1 aliphatic rings. The monoisotopic (exact) mass is 449 g/mol. The summed E-state index contributed by atoms with van der Waals surface area (Å²) < 4.78 is 10.7. The summed E-state index contributed by atoms with van der Waals surface area (Å²) in [6.07, 6.45) is 4.83. The van der Waals surface area contributed by atoms with E-state index in [1.807, 2.05) is 42.5 Å². The number of aliphatic hydroxyl groups is 1. The highest BCUT2D eigenvalue weighted by Gasteiger charge is 2.47. The predicted molar refractivity (Wildman–Crippen MR) is 130 cm³/mol. The number of rotatable bonds is 9. The lowest BCUT2D eigenvalue weighted by Crippen LogP contribution is -2.45. The summed E-state index contributed by atoms with van der Waals surface area (Å²) in [6, 6.07) is 17.2. The molecule has 1 N–H and O–H groups in total. The van der Waals surface area contributed by atoms with E-state index in [4.69, 9.17) is 9.47 Å². The van der Waals surface area contributed by atoms with Gasteiger partial charge in [0.1, 0.15) is 5.75 Å². The normalized spacial score (nSPS) is 15.9. The van der Waals surface area contributed by atoms with Gasteiger partial charge in [0.2, 0.25) is 0 Å². The molecule has 0 aromatic heterocycles. The molecule has 0 bridgehead atoms. The lowest BCUT2D eigenvalue weighted by atomic mass is 9.73. The van der Waals surface area contributed by atoms with Gasteiger partial charge in [-0.25, -0.2) is 4.79 Å². The van der Waals surface area contributed by atoms with Crippen molar-refractivity contribution in [1.82, 2.24) is 4.90 Å². The summed E-state index contributed by atoms with van der Waals surface area (Å²) in [5, 5.41) is 11.5. The maximum Gasteiger partial charge on any atom is 0.344 e. The molecule has 0 radical (unpaired) electrons. The highest BCUT2D eigenvalue weighted by molar-refractivity contribution is 5.81. The average Bonchev–Trinajstić information content (AvgIpc) is 2.88. The Labute approximate surface area is 197 Å². The van der Waals surface area contributed by atoms with Crippen LogP contribution in [-0.2, 0) is 21.7 Å². The number of carbonyl (C=O) groups is 1. The first-order chi connectivity index (χ1) is 16.1. The molecule has 0 aliphatic heterocycles. The molecule has 1 aliphatic carbocycles. The van der Waals surface area contributed by atoms with Gasteiger partial charge in [-0.05, 0) is 42.6 Å². The number of hydrogen-bond acceptors (Lipinski definition) is 5. The van der Waals surface area contributed by atoms with Crippen LogP contribution in [0.4, 0.5) is 0 Å². The molecule has 0 spiro atoms. The van der Waals surface area contributed by atoms with Gasteiger partial charge in [0.25, 0.3) is 0 Å². The van der Waals surface area contributed by atoms with Crippen molar-refractivity contribution in [3.63, 3.8) is 0 Å². The van der Waals surface area contributed by atoms with Gasteiger partial charge in [-0.3, -0.25) is 4.90 Å². The molecule has 0 unspecified atom stereocenters. The van der Waals surface area contributed by atoms with Crippen LogP contribution in [-0.4, -0.2) is 42.8 Å². The lowest BCUT2D eigenvalue weighted by Gasteiger charge is -2.36. The van der Waals surface area contributed by atoms with Gasteiger partial charge in [0.05, 0.1) is 13.7 Å². The van der Waals surface area contributed by atoms with E-state index in [1.54, 1.807) is 19.2 Å². The van der Waals surface area contributed by atoms with Crippen molar-refractivity contribution >= 4 is 5.97 Å². The summed E-state index contributed by atoms with van der Waals surface area (Å²) in [6.45, 7) is 4.28. The molecule has 5 heteroatoms. The number of ether oxygens (including phenoxy) is 2. The Hall–Kier alpha value is -2.81. The van der Waals surface area contributed by atoms with Crippen LogP contribution in [0.2, 0.25) is 0 Å². The first kappa shape index (κ1) is 24.8. The van der Waals surface area contributed by atoms with Crippen LogP contribution in [0.15, 0.2) is 54.6 Å². The van der Waals surface area contributed by atoms with Gasteiger partial charge in [0.15, 0.2) is 12.2 Å². The zero-order valence-corrected chi connectivity index (χ0v) is 19.8. The molecule has 0 saturated heterocycles. The summed E-state index contributed by atoms with van der Waals surface area (Å²) >= 11 is 0. The quantitative estimate of drug-likeness (QED) is 0.450. The second-order valence-corrected chi connectivity index (χ2v) is 8.55. The highest BCUT2D eigenvalue weighted by atomic mass is 16.5. The highest BCUT2D eigenvalue weighted by Crippen LogP contribution is 2.40. The predicted octanol–water partition coefficient (Wildman–Crippen LogP) is 4.53. The van der Waals surface area contributed by atoms with Crippen LogP contribution >= 0.6 is 0 Å². The number of benzene rings is 2. The molecule has 5 nitrogen and oxygen atoms in total. The number of nitrogens with zero attached hydrogens (tertiary/aromatic N) is 1. The van der Waals surface area contributed by atoms with E-state index in [2.05, 4.69) is 23.7 Å². The van der Waals surface area contributed by atoms with Gasteiger partial charge in [0, 0.05) is 12.5 Å². The molecule has 1 atom stereocenters. The largest absolute Gasteiger partial charge is 0.497 e. The van der Waals surface area contributed by atoms with E-state index in [-0.39, 0.29) is 12.5 Å². The number of esters is 1. The zero-order valence-electron chi connectivity index (χ0n) is 19.8. The molecule has 1 saturated carbocycles. The first-order valence-corrected chi connectivity index (χ1v) is 11.8. The van der Waals surface area contributed by atoms with E-state index in [0.29, 0.717) is 12.1 Å². The Kier molecular flexibility index (Phi) is 9.35. The number of methoxy groups -OCH3 is 1. The summed E-state index contributed by atoms with van der Waals surface area (Å²) in [5.41, 5.74) is 0.172. The zero-order chi connectivity index (χ0) is 23.5. The van der Waals surface area contributed by atoms with Crippen molar-refractivity contribution in [3.8, 4) is 17.6 Å². The third-order valence-electron chi connectivity index (χ3n) is 6.44. The molecule has 33 heavy (non-hydrogen) atoms. The van der Waals surface area contributed by atoms with E-state index in [0.717, 1.165) is 50.9 Å². The fourth-order valence-electron chi connectivity index (χ4n) is 4.43. The minimum atomic E-state index is -1.62. The molecule has 2 aromatic rings. The fourth-order valence-corrected chi connectivity index (χ4v) is 4.43.